The van der Waals surface area contributed by atoms with Gasteiger partial charge < -0.3 is 10.6 Å². The SMILES string of the molecule is C=CCNC(=O)c1ccnc(C(=O)NCCCC)c1. The normalized spacial score (nSPS) is 9.74. The van der Waals surface area contributed by atoms with Crippen molar-refractivity contribution in [2.75, 3.05) is 13.1 Å². The van der Waals surface area contributed by atoms with Crippen molar-refractivity contribution in [3.8, 4) is 0 Å². The van der Waals surface area contributed by atoms with E-state index in [0.717, 1.165) is 12.8 Å². The van der Waals surface area contributed by atoms with Crippen molar-refractivity contribution < 1.29 is 9.59 Å². The molecule has 0 aromatic carbocycles. The summed E-state index contributed by atoms with van der Waals surface area (Å²) in [5.74, 6) is -0.503. The summed E-state index contributed by atoms with van der Waals surface area (Å²) >= 11 is 0. The molecule has 2 amide bonds. The van der Waals surface area contributed by atoms with E-state index >= 15 is 0 Å². The Hall–Kier alpha value is -2.17. The third-order valence-corrected chi connectivity index (χ3v) is 2.48. The second-order valence-corrected chi connectivity index (χ2v) is 4.04. The van der Waals surface area contributed by atoms with Crippen LogP contribution < -0.4 is 10.6 Å². The molecular formula is C14H19N3O2. The number of carbonyl (C=O) groups excluding carboxylic acids is 2. The fourth-order valence-electron chi connectivity index (χ4n) is 1.43. The van der Waals surface area contributed by atoms with Gasteiger partial charge in [-0.25, -0.2) is 0 Å². The lowest BCUT2D eigenvalue weighted by molar-refractivity contribution is 0.0948. The van der Waals surface area contributed by atoms with Gasteiger partial charge in [0.05, 0.1) is 0 Å². The van der Waals surface area contributed by atoms with Crippen LogP contribution in [0.2, 0.25) is 0 Å². The molecule has 0 saturated heterocycles. The maximum atomic E-state index is 11.8. The van der Waals surface area contributed by atoms with Crippen LogP contribution in [-0.4, -0.2) is 29.9 Å². The average molecular weight is 261 g/mol. The quantitative estimate of drug-likeness (QED) is 0.577. The summed E-state index contributed by atoms with van der Waals surface area (Å²) in [5.41, 5.74) is 0.667. The molecule has 1 rings (SSSR count). The fourth-order valence-corrected chi connectivity index (χ4v) is 1.43. The molecule has 0 spiro atoms. The predicted molar refractivity (Wildman–Crippen MR) is 74.0 cm³/mol. The highest BCUT2D eigenvalue weighted by atomic mass is 16.2. The van der Waals surface area contributed by atoms with Gasteiger partial charge in [-0.3, -0.25) is 14.6 Å². The van der Waals surface area contributed by atoms with Crippen molar-refractivity contribution >= 4 is 11.8 Å². The second kappa shape index (κ2) is 8.02. The van der Waals surface area contributed by atoms with Crippen LogP contribution in [0.4, 0.5) is 0 Å². The summed E-state index contributed by atoms with van der Waals surface area (Å²) in [6.07, 6.45) is 4.98. The average Bonchev–Trinajstić information content (AvgIpc) is 2.45. The zero-order chi connectivity index (χ0) is 14.1. The minimum Gasteiger partial charge on any atom is -0.351 e. The molecule has 0 aliphatic rings. The highest BCUT2D eigenvalue weighted by molar-refractivity contribution is 5.98. The standard InChI is InChI=1S/C14H19N3O2/c1-3-5-8-17-14(19)12-10-11(6-9-15-12)13(18)16-7-4-2/h4,6,9-10H,2-3,5,7-8H2,1H3,(H,16,18)(H,17,19). The van der Waals surface area contributed by atoms with Crippen LogP contribution in [0.15, 0.2) is 31.0 Å². The van der Waals surface area contributed by atoms with E-state index in [-0.39, 0.29) is 17.5 Å². The van der Waals surface area contributed by atoms with Gasteiger partial charge in [0.25, 0.3) is 11.8 Å². The molecule has 1 aromatic heterocycles. The number of carbonyl (C=O) groups is 2. The highest BCUT2D eigenvalue weighted by Gasteiger charge is 2.10. The van der Waals surface area contributed by atoms with Gasteiger partial charge in [-0.05, 0) is 18.6 Å². The zero-order valence-corrected chi connectivity index (χ0v) is 11.1. The molecule has 0 aliphatic heterocycles. The molecule has 102 valence electrons. The monoisotopic (exact) mass is 261 g/mol. The first kappa shape index (κ1) is 14.9. The van der Waals surface area contributed by atoms with E-state index < -0.39 is 0 Å². The Balaban J connectivity index is 2.68. The minimum absolute atomic E-state index is 0.245. The van der Waals surface area contributed by atoms with Crippen LogP contribution in [0.3, 0.4) is 0 Å². The van der Waals surface area contributed by atoms with Crippen molar-refractivity contribution in [2.24, 2.45) is 0 Å². The fraction of sp³-hybridized carbons (Fsp3) is 0.357. The van der Waals surface area contributed by atoms with Crippen LogP contribution in [-0.2, 0) is 0 Å². The Morgan fingerprint density at radius 1 is 1.37 bits per heavy atom. The molecule has 0 radical (unpaired) electrons. The molecule has 5 nitrogen and oxygen atoms in total. The van der Waals surface area contributed by atoms with E-state index in [1.54, 1.807) is 12.1 Å². The Morgan fingerprint density at radius 2 is 2.16 bits per heavy atom. The first-order valence-electron chi connectivity index (χ1n) is 6.32. The number of nitrogens with zero attached hydrogens (tertiary/aromatic N) is 1. The number of unbranched alkanes of at least 4 members (excludes halogenated alkanes) is 1. The molecular weight excluding hydrogens is 242 g/mol. The molecule has 5 heteroatoms. The molecule has 2 N–H and O–H groups in total. The van der Waals surface area contributed by atoms with Gasteiger partial charge in [-0.1, -0.05) is 19.4 Å². The summed E-state index contributed by atoms with van der Waals surface area (Å²) in [6.45, 7) is 6.58. The van der Waals surface area contributed by atoms with Crippen molar-refractivity contribution in [3.05, 3.63) is 42.2 Å². The van der Waals surface area contributed by atoms with E-state index in [9.17, 15) is 9.59 Å². The van der Waals surface area contributed by atoms with Gasteiger partial charge in [0.2, 0.25) is 0 Å². The van der Waals surface area contributed by atoms with Crippen LogP contribution in [0, 0.1) is 0 Å². The van der Waals surface area contributed by atoms with E-state index in [1.165, 1.54) is 12.3 Å². The number of aromatic nitrogens is 1. The zero-order valence-electron chi connectivity index (χ0n) is 11.1. The van der Waals surface area contributed by atoms with Crippen molar-refractivity contribution in [1.82, 2.24) is 15.6 Å². The smallest absolute Gasteiger partial charge is 0.269 e. The number of hydrogen-bond donors (Lipinski definition) is 2. The van der Waals surface area contributed by atoms with Gasteiger partial charge in [0.1, 0.15) is 5.69 Å². The Bertz CT molecular complexity index is 458. The molecule has 1 heterocycles. The number of pyridine rings is 1. The lowest BCUT2D eigenvalue weighted by Gasteiger charge is -2.06. The molecule has 0 bridgehead atoms. The predicted octanol–water partition coefficient (Wildman–Crippen LogP) is 1.53. The Kier molecular flexibility index (Phi) is 6.29. The second-order valence-electron chi connectivity index (χ2n) is 4.04. The van der Waals surface area contributed by atoms with Crippen LogP contribution in [0.5, 0.6) is 0 Å². The summed E-state index contributed by atoms with van der Waals surface area (Å²) in [5, 5.41) is 5.41. The van der Waals surface area contributed by atoms with Gasteiger partial charge >= 0.3 is 0 Å². The van der Waals surface area contributed by atoms with Gasteiger partial charge in [0.15, 0.2) is 0 Å². The minimum atomic E-state index is -0.258. The van der Waals surface area contributed by atoms with Gasteiger partial charge in [-0.15, -0.1) is 6.58 Å². The van der Waals surface area contributed by atoms with Gasteiger partial charge in [0, 0.05) is 24.8 Å². The summed E-state index contributed by atoms with van der Waals surface area (Å²) in [6, 6.07) is 3.06. The van der Waals surface area contributed by atoms with Crippen LogP contribution >= 0.6 is 0 Å². The Labute approximate surface area is 113 Å². The highest BCUT2D eigenvalue weighted by Crippen LogP contribution is 2.02. The first-order valence-corrected chi connectivity index (χ1v) is 6.32. The van der Waals surface area contributed by atoms with Crippen molar-refractivity contribution in [1.29, 1.82) is 0 Å². The lowest BCUT2D eigenvalue weighted by atomic mass is 10.2. The van der Waals surface area contributed by atoms with Gasteiger partial charge in [-0.2, -0.15) is 0 Å². The van der Waals surface area contributed by atoms with E-state index in [2.05, 4.69) is 29.1 Å². The number of nitrogens with one attached hydrogen (secondary N) is 2. The number of amides is 2. The first-order chi connectivity index (χ1) is 9.19. The van der Waals surface area contributed by atoms with E-state index in [4.69, 9.17) is 0 Å². The summed E-state index contributed by atoms with van der Waals surface area (Å²) in [7, 11) is 0. The van der Waals surface area contributed by atoms with Crippen molar-refractivity contribution in [2.45, 2.75) is 19.8 Å². The molecule has 0 atom stereocenters. The van der Waals surface area contributed by atoms with E-state index in [1.807, 2.05) is 0 Å². The third-order valence-electron chi connectivity index (χ3n) is 2.48. The van der Waals surface area contributed by atoms with Crippen LogP contribution in [0.25, 0.3) is 0 Å². The van der Waals surface area contributed by atoms with E-state index in [0.29, 0.717) is 18.7 Å². The Morgan fingerprint density at radius 3 is 2.84 bits per heavy atom. The van der Waals surface area contributed by atoms with Crippen molar-refractivity contribution in [3.63, 3.8) is 0 Å². The maximum absolute atomic E-state index is 11.8. The summed E-state index contributed by atoms with van der Waals surface area (Å²) in [4.78, 5) is 27.5. The maximum Gasteiger partial charge on any atom is 0.269 e. The van der Waals surface area contributed by atoms with Crippen LogP contribution in [0.1, 0.15) is 40.6 Å². The molecule has 0 aliphatic carbocycles. The molecule has 0 saturated carbocycles. The molecule has 0 unspecified atom stereocenters. The summed E-state index contributed by atoms with van der Waals surface area (Å²) < 4.78 is 0. The topological polar surface area (TPSA) is 71.1 Å². The molecule has 0 fully saturated rings. The molecule has 19 heavy (non-hydrogen) atoms. The third kappa shape index (κ3) is 4.91. The number of hydrogen-bond acceptors (Lipinski definition) is 3. The lowest BCUT2D eigenvalue weighted by Crippen LogP contribution is -2.27. The molecule has 1 aromatic rings. The number of rotatable bonds is 7. The largest absolute Gasteiger partial charge is 0.351 e.